The number of hydrogen-bond acceptors (Lipinski definition) is 6. The third-order valence-electron chi connectivity index (χ3n) is 4.94. The molecule has 0 fully saturated rings. The van der Waals surface area contributed by atoms with Gasteiger partial charge < -0.3 is 17.2 Å². The number of para-hydroxylation sites is 2. The van der Waals surface area contributed by atoms with Crippen LogP contribution in [0, 0.1) is 0 Å². The summed E-state index contributed by atoms with van der Waals surface area (Å²) in [6.07, 6.45) is 0.268. The Hall–Kier alpha value is -2.20. The molecule has 0 radical (unpaired) electrons. The fourth-order valence-corrected chi connectivity index (χ4v) is 4.07. The van der Waals surface area contributed by atoms with Crippen molar-refractivity contribution >= 4 is 49.0 Å². The monoisotopic (exact) mass is 461 g/mol. The molecule has 0 amide bonds. The summed E-state index contributed by atoms with van der Waals surface area (Å²) in [5.41, 5.74) is 4.92. The summed E-state index contributed by atoms with van der Waals surface area (Å²) in [7, 11) is -3.98. The van der Waals surface area contributed by atoms with Crippen LogP contribution in [0.1, 0.15) is 13.4 Å². The van der Waals surface area contributed by atoms with Gasteiger partial charge in [-0.05, 0) is 42.3 Å². The standard InChI is InChI=1S/C23H23N3O4S.Na.H/c27-15-16-12-17(24-10-5-11-31(28,29)30)14-18(13-16)25-23-19-6-1-3-8-21(19)26-22-9-4-2-7-20(22)23;;/h1-4,6-9,12-14,24,27H,5,10-11,15H2,(H,25,26)(H,28,29,30);;/q;+1;-1. The van der Waals surface area contributed by atoms with E-state index >= 15 is 0 Å². The molecular formula is C23H24N3NaO4S. The van der Waals surface area contributed by atoms with Crippen molar-refractivity contribution in [1.82, 2.24) is 4.98 Å². The molecule has 0 aliphatic heterocycles. The maximum Gasteiger partial charge on any atom is 1.00 e. The van der Waals surface area contributed by atoms with Crippen molar-refractivity contribution < 1.29 is 49.1 Å². The zero-order valence-electron chi connectivity index (χ0n) is 18.7. The van der Waals surface area contributed by atoms with Gasteiger partial charge in [0.1, 0.15) is 0 Å². The predicted octanol–water partition coefficient (Wildman–Crippen LogP) is 1.43. The molecule has 0 aliphatic carbocycles. The van der Waals surface area contributed by atoms with E-state index in [0.717, 1.165) is 38.9 Å². The Kier molecular flexibility index (Phi) is 8.10. The van der Waals surface area contributed by atoms with Gasteiger partial charge in [-0.2, -0.15) is 8.42 Å². The van der Waals surface area contributed by atoms with Crippen LogP contribution in [0.5, 0.6) is 0 Å². The number of aliphatic hydroxyl groups excluding tert-OH is 1. The quantitative estimate of drug-likeness (QED) is 0.136. The van der Waals surface area contributed by atoms with Crippen molar-refractivity contribution in [2.24, 2.45) is 0 Å². The van der Waals surface area contributed by atoms with E-state index in [-0.39, 0.29) is 49.8 Å². The second kappa shape index (κ2) is 10.6. The van der Waals surface area contributed by atoms with E-state index in [1.807, 2.05) is 60.7 Å². The van der Waals surface area contributed by atoms with Gasteiger partial charge in [0.2, 0.25) is 0 Å². The molecule has 1 heterocycles. The molecule has 1 aromatic heterocycles. The molecule has 4 aromatic rings. The van der Waals surface area contributed by atoms with Crippen molar-refractivity contribution in [2.45, 2.75) is 13.0 Å². The Morgan fingerprint density at radius 2 is 1.50 bits per heavy atom. The van der Waals surface area contributed by atoms with Crippen LogP contribution in [0.2, 0.25) is 0 Å². The van der Waals surface area contributed by atoms with Crippen LogP contribution in [-0.4, -0.2) is 35.4 Å². The molecule has 32 heavy (non-hydrogen) atoms. The van der Waals surface area contributed by atoms with Gasteiger partial charge >= 0.3 is 29.6 Å². The molecule has 0 saturated heterocycles. The fourth-order valence-electron chi connectivity index (χ4n) is 3.56. The Morgan fingerprint density at radius 1 is 0.906 bits per heavy atom. The smallest absolute Gasteiger partial charge is 1.00 e. The molecule has 3 aromatic carbocycles. The molecule has 4 N–H and O–H groups in total. The first-order valence-electron chi connectivity index (χ1n) is 9.91. The van der Waals surface area contributed by atoms with Crippen molar-refractivity contribution in [3.63, 3.8) is 0 Å². The Labute approximate surface area is 210 Å². The molecular weight excluding hydrogens is 437 g/mol. The van der Waals surface area contributed by atoms with E-state index in [1.54, 1.807) is 6.07 Å². The summed E-state index contributed by atoms with van der Waals surface area (Å²) in [4.78, 5) is 4.74. The van der Waals surface area contributed by atoms with Crippen LogP contribution in [0.4, 0.5) is 17.1 Å². The number of fused-ring (bicyclic) bond motifs is 2. The second-order valence-corrected chi connectivity index (χ2v) is 8.86. The number of hydrogen-bond donors (Lipinski definition) is 4. The maximum atomic E-state index is 10.9. The minimum absolute atomic E-state index is 0. The largest absolute Gasteiger partial charge is 1.00 e. The van der Waals surface area contributed by atoms with Crippen LogP contribution in [0.3, 0.4) is 0 Å². The molecule has 7 nitrogen and oxygen atoms in total. The van der Waals surface area contributed by atoms with Gasteiger partial charge in [0, 0.05) is 28.7 Å². The van der Waals surface area contributed by atoms with E-state index in [9.17, 15) is 13.5 Å². The van der Waals surface area contributed by atoms with Gasteiger partial charge in [-0.3, -0.25) is 4.55 Å². The number of aliphatic hydroxyl groups is 1. The predicted molar refractivity (Wildman–Crippen MR) is 126 cm³/mol. The van der Waals surface area contributed by atoms with Crippen molar-refractivity contribution in [1.29, 1.82) is 0 Å². The number of aromatic nitrogens is 1. The summed E-state index contributed by atoms with van der Waals surface area (Å²) in [6, 6.07) is 21.4. The van der Waals surface area contributed by atoms with Gasteiger partial charge in [0.15, 0.2) is 0 Å². The SMILES string of the molecule is O=S(=O)(O)CCCNc1cc(CO)cc(Nc2c3ccccc3nc3ccccc23)c1.[H-].[Na+]. The Balaban J connectivity index is 0.00000193. The van der Waals surface area contributed by atoms with Crippen LogP contribution >= 0.6 is 0 Å². The normalized spacial score (nSPS) is 11.3. The van der Waals surface area contributed by atoms with E-state index in [4.69, 9.17) is 9.54 Å². The number of pyridine rings is 1. The zero-order valence-corrected chi connectivity index (χ0v) is 20.6. The number of anilines is 3. The first kappa shape index (κ1) is 24.4. The number of nitrogens with one attached hydrogen (secondary N) is 2. The molecule has 0 bridgehead atoms. The molecule has 0 atom stereocenters. The molecule has 0 aliphatic rings. The minimum Gasteiger partial charge on any atom is -1.00 e. The molecule has 9 heteroatoms. The maximum absolute atomic E-state index is 10.9. The molecule has 4 rings (SSSR count). The molecule has 0 saturated carbocycles. The van der Waals surface area contributed by atoms with Crippen molar-refractivity contribution in [3.8, 4) is 0 Å². The average molecular weight is 462 g/mol. The first-order valence-corrected chi connectivity index (χ1v) is 11.5. The number of nitrogens with zero attached hydrogens (tertiary/aromatic N) is 1. The number of benzene rings is 3. The van der Waals surface area contributed by atoms with Crippen LogP contribution in [-0.2, 0) is 16.7 Å². The van der Waals surface area contributed by atoms with Crippen molar-refractivity contribution in [3.05, 3.63) is 72.3 Å². The Morgan fingerprint density at radius 3 is 2.09 bits per heavy atom. The molecule has 0 unspecified atom stereocenters. The van der Waals surface area contributed by atoms with E-state index < -0.39 is 10.1 Å². The third-order valence-corrected chi connectivity index (χ3v) is 5.75. The van der Waals surface area contributed by atoms with Crippen molar-refractivity contribution in [2.75, 3.05) is 22.9 Å². The third kappa shape index (κ3) is 5.98. The van der Waals surface area contributed by atoms with Gasteiger partial charge in [0.25, 0.3) is 10.1 Å². The zero-order chi connectivity index (χ0) is 21.8. The Bertz CT molecular complexity index is 1300. The number of rotatable bonds is 8. The summed E-state index contributed by atoms with van der Waals surface area (Å²) in [5, 5.41) is 18.3. The summed E-state index contributed by atoms with van der Waals surface area (Å²) < 4.78 is 30.7. The van der Waals surface area contributed by atoms with E-state index in [2.05, 4.69) is 10.6 Å². The van der Waals surface area contributed by atoms with E-state index in [1.165, 1.54) is 0 Å². The van der Waals surface area contributed by atoms with Gasteiger partial charge in [-0.25, -0.2) is 4.98 Å². The van der Waals surface area contributed by atoms with Crippen LogP contribution in [0.25, 0.3) is 21.8 Å². The molecule has 162 valence electrons. The van der Waals surface area contributed by atoms with Gasteiger partial charge in [0.05, 0.1) is 29.1 Å². The first-order chi connectivity index (χ1) is 14.9. The van der Waals surface area contributed by atoms with Crippen LogP contribution in [0.15, 0.2) is 66.7 Å². The van der Waals surface area contributed by atoms with E-state index in [0.29, 0.717) is 12.1 Å². The van der Waals surface area contributed by atoms with Gasteiger partial charge in [-0.15, -0.1) is 0 Å². The summed E-state index contributed by atoms with van der Waals surface area (Å²) in [5.74, 6) is -0.306. The second-order valence-electron chi connectivity index (χ2n) is 7.29. The fraction of sp³-hybridized carbons (Fsp3) is 0.174. The van der Waals surface area contributed by atoms with Crippen LogP contribution < -0.4 is 40.2 Å². The minimum atomic E-state index is -3.98. The summed E-state index contributed by atoms with van der Waals surface area (Å²) in [6.45, 7) is 0.238. The van der Waals surface area contributed by atoms with Gasteiger partial charge in [-0.1, -0.05) is 36.4 Å². The summed E-state index contributed by atoms with van der Waals surface area (Å²) >= 11 is 0. The molecule has 0 spiro atoms. The topological polar surface area (TPSA) is 112 Å². The average Bonchev–Trinajstić information content (AvgIpc) is 2.76.